The van der Waals surface area contributed by atoms with E-state index >= 15 is 0 Å². The number of aromatic amines is 1. The molecular formula is C17H21N3O3. The summed E-state index contributed by atoms with van der Waals surface area (Å²) >= 11 is 0. The number of hydrogen-bond donors (Lipinski definition) is 1. The molecule has 0 spiro atoms. The third-order valence-electron chi connectivity index (χ3n) is 4.24. The third kappa shape index (κ3) is 3.88. The van der Waals surface area contributed by atoms with Gasteiger partial charge in [-0.1, -0.05) is 0 Å². The summed E-state index contributed by atoms with van der Waals surface area (Å²) in [6, 6.07) is 5.27. The molecule has 1 saturated heterocycles. The number of rotatable bonds is 4. The number of H-pyrrole nitrogens is 1. The van der Waals surface area contributed by atoms with Crippen molar-refractivity contribution >= 4 is 5.91 Å². The van der Waals surface area contributed by atoms with Gasteiger partial charge >= 0.3 is 0 Å². The van der Waals surface area contributed by atoms with Crippen molar-refractivity contribution in [3.63, 3.8) is 0 Å². The van der Waals surface area contributed by atoms with Crippen molar-refractivity contribution in [3.05, 3.63) is 52.1 Å². The average Bonchev–Trinajstić information content (AvgIpc) is 3.05. The number of hydrogen-bond acceptors (Lipinski definition) is 4. The molecule has 0 radical (unpaired) electrons. The Balaban J connectivity index is 1.63. The maximum absolute atomic E-state index is 12.4. The fraction of sp³-hybridized carbons (Fsp3) is 0.471. The van der Waals surface area contributed by atoms with Crippen molar-refractivity contribution in [2.75, 3.05) is 13.1 Å². The fourth-order valence-electron chi connectivity index (χ4n) is 3.10. The van der Waals surface area contributed by atoms with Gasteiger partial charge in [0.2, 0.25) is 5.91 Å². The summed E-state index contributed by atoms with van der Waals surface area (Å²) in [6.45, 7) is 3.18. The highest BCUT2D eigenvalue weighted by Crippen LogP contribution is 2.25. The van der Waals surface area contributed by atoms with Gasteiger partial charge < -0.3 is 14.3 Å². The first kappa shape index (κ1) is 15.5. The van der Waals surface area contributed by atoms with Gasteiger partial charge in [0, 0.05) is 37.9 Å². The molecule has 1 atom stereocenters. The number of aryl methyl sites for hydroxylation is 2. The van der Waals surface area contributed by atoms with Gasteiger partial charge in [-0.3, -0.25) is 9.59 Å². The zero-order valence-corrected chi connectivity index (χ0v) is 13.2. The SMILES string of the molecule is Cc1nc([C@@H]2CCCN(C(=O)CCc3ccco3)C2)cc(=O)[nH]1. The molecule has 0 aromatic carbocycles. The molecule has 0 aliphatic carbocycles. The number of amides is 1. The standard InChI is InChI=1S/C17H21N3O3/c1-12-18-15(10-16(21)19-12)13-4-2-8-20(11-13)17(22)7-6-14-5-3-9-23-14/h3,5,9-10,13H,2,4,6-8,11H2,1H3,(H,18,19,21)/t13-/m1/s1. The van der Waals surface area contributed by atoms with Gasteiger partial charge in [-0.05, 0) is 31.9 Å². The Kier molecular flexibility index (Phi) is 4.60. The number of piperidine rings is 1. The van der Waals surface area contributed by atoms with Crippen LogP contribution in [0, 0.1) is 6.92 Å². The summed E-state index contributed by atoms with van der Waals surface area (Å²) in [5.41, 5.74) is 0.656. The van der Waals surface area contributed by atoms with Crippen LogP contribution < -0.4 is 5.56 Å². The summed E-state index contributed by atoms with van der Waals surface area (Å²) in [6.07, 6.45) is 4.58. The Hall–Kier alpha value is -2.37. The summed E-state index contributed by atoms with van der Waals surface area (Å²) in [5, 5.41) is 0. The lowest BCUT2D eigenvalue weighted by Crippen LogP contribution is -2.39. The van der Waals surface area contributed by atoms with E-state index in [1.165, 1.54) is 0 Å². The Morgan fingerprint density at radius 3 is 3.13 bits per heavy atom. The van der Waals surface area contributed by atoms with Crippen LogP contribution in [0.4, 0.5) is 0 Å². The minimum absolute atomic E-state index is 0.131. The number of carbonyl (C=O) groups excluding carboxylic acids is 1. The predicted octanol–water partition coefficient (Wildman–Crippen LogP) is 2.01. The lowest BCUT2D eigenvalue weighted by Gasteiger charge is -2.32. The van der Waals surface area contributed by atoms with E-state index in [9.17, 15) is 9.59 Å². The maximum atomic E-state index is 12.4. The highest BCUT2D eigenvalue weighted by molar-refractivity contribution is 5.76. The van der Waals surface area contributed by atoms with E-state index in [0.29, 0.717) is 25.2 Å². The number of carbonyl (C=O) groups is 1. The van der Waals surface area contributed by atoms with Crippen molar-refractivity contribution in [2.45, 2.75) is 38.5 Å². The monoisotopic (exact) mass is 315 g/mol. The van der Waals surface area contributed by atoms with E-state index in [-0.39, 0.29) is 17.4 Å². The Morgan fingerprint density at radius 2 is 2.39 bits per heavy atom. The molecule has 23 heavy (non-hydrogen) atoms. The second kappa shape index (κ2) is 6.81. The molecule has 1 aliphatic rings. The molecule has 0 bridgehead atoms. The van der Waals surface area contributed by atoms with Crippen LogP contribution in [0.2, 0.25) is 0 Å². The average molecular weight is 315 g/mol. The zero-order valence-electron chi connectivity index (χ0n) is 13.2. The number of likely N-dealkylation sites (tertiary alicyclic amines) is 1. The zero-order chi connectivity index (χ0) is 16.2. The summed E-state index contributed by atoms with van der Waals surface area (Å²) in [4.78, 5) is 33.0. The van der Waals surface area contributed by atoms with E-state index in [2.05, 4.69) is 9.97 Å². The largest absolute Gasteiger partial charge is 0.469 e. The van der Waals surface area contributed by atoms with Crippen molar-refractivity contribution in [3.8, 4) is 0 Å². The first-order valence-corrected chi connectivity index (χ1v) is 8.00. The van der Waals surface area contributed by atoms with Crippen molar-refractivity contribution in [1.82, 2.24) is 14.9 Å². The summed E-state index contributed by atoms with van der Waals surface area (Å²) < 4.78 is 5.27. The molecule has 1 N–H and O–H groups in total. The summed E-state index contributed by atoms with van der Waals surface area (Å²) in [7, 11) is 0. The fourth-order valence-corrected chi connectivity index (χ4v) is 3.10. The topological polar surface area (TPSA) is 79.2 Å². The smallest absolute Gasteiger partial charge is 0.251 e. The molecule has 1 amide bonds. The van der Waals surface area contributed by atoms with Crippen LogP contribution >= 0.6 is 0 Å². The number of nitrogens with zero attached hydrogens (tertiary/aromatic N) is 2. The van der Waals surface area contributed by atoms with Gasteiger partial charge in [-0.25, -0.2) is 4.98 Å². The van der Waals surface area contributed by atoms with Crippen LogP contribution in [-0.4, -0.2) is 33.9 Å². The normalized spacial score (nSPS) is 18.1. The molecular weight excluding hydrogens is 294 g/mol. The molecule has 2 aromatic heterocycles. The van der Waals surface area contributed by atoms with Crippen LogP contribution in [-0.2, 0) is 11.2 Å². The van der Waals surface area contributed by atoms with Gasteiger partial charge in [0.1, 0.15) is 11.6 Å². The Bertz CT molecular complexity index is 721. The molecule has 1 fully saturated rings. The summed E-state index contributed by atoms with van der Waals surface area (Å²) in [5.74, 6) is 1.72. The number of nitrogens with one attached hydrogen (secondary N) is 1. The quantitative estimate of drug-likeness (QED) is 0.936. The first-order valence-electron chi connectivity index (χ1n) is 8.00. The van der Waals surface area contributed by atoms with Gasteiger partial charge in [0.15, 0.2) is 0 Å². The third-order valence-corrected chi connectivity index (χ3v) is 4.24. The predicted molar refractivity (Wildman–Crippen MR) is 85.2 cm³/mol. The molecule has 0 unspecified atom stereocenters. The molecule has 3 rings (SSSR count). The minimum atomic E-state index is -0.131. The maximum Gasteiger partial charge on any atom is 0.251 e. The van der Waals surface area contributed by atoms with Gasteiger partial charge in [-0.2, -0.15) is 0 Å². The highest BCUT2D eigenvalue weighted by Gasteiger charge is 2.25. The highest BCUT2D eigenvalue weighted by atomic mass is 16.3. The Morgan fingerprint density at radius 1 is 1.52 bits per heavy atom. The van der Waals surface area contributed by atoms with E-state index in [1.54, 1.807) is 19.3 Å². The van der Waals surface area contributed by atoms with Crippen molar-refractivity contribution < 1.29 is 9.21 Å². The second-order valence-corrected chi connectivity index (χ2v) is 6.01. The van der Waals surface area contributed by atoms with Gasteiger partial charge in [-0.15, -0.1) is 0 Å². The van der Waals surface area contributed by atoms with Gasteiger partial charge in [0.05, 0.1) is 12.0 Å². The van der Waals surface area contributed by atoms with Crippen molar-refractivity contribution in [1.29, 1.82) is 0 Å². The van der Waals surface area contributed by atoms with Crippen LogP contribution in [0.1, 0.15) is 42.5 Å². The van der Waals surface area contributed by atoms with Gasteiger partial charge in [0.25, 0.3) is 5.56 Å². The molecule has 1 aliphatic heterocycles. The lowest BCUT2D eigenvalue weighted by molar-refractivity contribution is -0.132. The molecule has 3 heterocycles. The van der Waals surface area contributed by atoms with Crippen LogP contribution in [0.25, 0.3) is 0 Å². The number of aromatic nitrogens is 2. The van der Waals surface area contributed by atoms with Crippen LogP contribution in [0.15, 0.2) is 33.7 Å². The molecule has 6 nitrogen and oxygen atoms in total. The molecule has 2 aromatic rings. The van der Waals surface area contributed by atoms with Crippen LogP contribution in [0.3, 0.4) is 0 Å². The van der Waals surface area contributed by atoms with E-state index < -0.39 is 0 Å². The minimum Gasteiger partial charge on any atom is -0.469 e. The van der Waals surface area contributed by atoms with Crippen LogP contribution in [0.5, 0.6) is 0 Å². The first-order chi connectivity index (χ1) is 11.1. The molecule has 6 heteroatoms. The van der Waals surface area contributed by atoms with E-state index in [0.717, 1.165) is 30.8 Å². The van der Waals surface area contributed by atoms with E-state index in [1.807, 2.05) is 17.0 Å². The molecule has 122 valence electrons. The van der Waals surface area contributed by atoms with Crippen molar-refractivity contribution in [2.24, 2.45) is 0 Å². The van der Waals surface area contributed by atoms with E-state index in [4.69, 9.17) is 4.42 Å². The molecule has 0 saturated carbocycles. The Labute approximate surface area is 134 Å². The number of furan rings is 1. The second-order valence-electron chi connectivity index (χ2n) is 6.01. The lowest BCUT2D eigenvalue weighted by atomic mass is 9.94.